The van der Waals surface area contributed by atoms with Gasteiger partial charge in [-0.1, -0.05) is 126 Å². The van der Waals surface area contributed by atoms with Crippen molar-refractivity contribution in [1.29, 1.82) is 0 Å². The number of pyridine rings is 1. The summed E-state index contributed by atoms with van der Waals surface area (Å²) in [6.45, 7) is 13.8. The summed E-state index contributed by atoms with van der Waals surface area (Å²) in [5.41, 5.74) is 14.1. The maximum absolute atomic E-state index is 5.17. The number of nitrogens with zero attached hydrogens (tertiary/aromatic N) is 3. The van der Waals surface area contributed by atoms with Crippen LogP contribution < -0.4 is 0 Å². The maximum atomic E-state index is 5.17. The number of thiazole rings is 1. The topological polar surface area (TPSA) is 30.7 Å². The predicted octanol–water partition coefficient (Wildman–Crippen LogP) is 12.3. The third kappa shape index (κ3) is 4.84. The maximum Gasteiger partial charge on any atom is 0.123 e. The second-order valence-electron chi connectivity index (χ2n) is 16.0. The van der Waals surface area contributed by atoms with Crippen LogP contribution in [0, 0.1) is 0 Å². The standard InChI is InChI=1S/C47H41N3S/c1-45(2,3)31-18-21-39-37(28-31)38-29-32(46(4,5)6)19-22-40(38)47(39,43-16-9-10-23-48-43)33-12-11-13-34(27-33)50-41-15-8-7-14-35(41)36-20-17-30(26-42(36)50)44-49-24-25-51-44/h7-29H,1-6H3. The van der Waals surface area contributed by atoms with Gasteiger partial charge in [0.25, 0.3) is 0 Å². The van der Waals surface area contributed by atoms with Crippen LogP contribution in [0.5, 0.6) is 0 Å². The van der Waals surface area contributed by atoms with Crippen LogP contribution in [0.4, 0.5) is 0 Å². The Morgan fingerprint density at radius 1 is 0.569 bits per heavy atom. The van der Waals surface area contributed by atoms with Crippen molar-refractivity contribution < 1.29 is 0 Å². The lowest BCUT2D eigenvalue weighted by Crippen LogP contribution is -2.30. The number of fused-ring (bicyclic) bond motifs is 6. The molecule has 8 aromatic rings. The summed E-state index contributed by atoms with van der Waals surface area (Å²) in [6.07, 6.45) is 3.82. The fraction of sp³-hybridized carbons (Fsp3) is 0.191. The molecule has 0 bridgehead atoms. The minimum absolute atomic E-state index is 0.0149. The van der Waals surface area contributed by atoms with Crippen molar-refractivity contribution in [2.75, 3.05) is 0 Å². The number of hydrogen-bond donors (Lipinski definition) is 0. The Labute approximate surface area is 304 Å². The summed E-state index contributed by atoms with van der Waals surface area (Å²) in [6, 6.07) is 45.4. The van der Waals surface area contributed by atoms with E-state index in [2.05, 4.69) is 166 Å². The van der Waals surface area contributed by atoms with E-state index in [1.54, 1.807) is 11.3 Å². The van der Waals surface area contributed by atoms with E-state index in [9.17, 15) is 0 Å². The Kier molecular flexibility index (Phi) is 7.04. The molecule has 1 aliphatic rings. The smallest absolute Gasteiger partial charge is 0.123 e. The van der Waals surface area contributed by atoms with Crippen molar-refractivity contribution in [3.8, 4) is 27.4 Å². The number of rotatable bonds is 4. The highest BCUT2D eigenvalue weighted by molar-refractivity contribution is 7.13. The molecule has 3 nitrogen and oxygen atoms in total. The summed E-state index contributed by atoms with van der Waals surface area (Å²) < 4.78 is 2.43. The van der Waals surface area contributed by atoms with Gasteiger partial charge in [0.2, 0.25) is 0 Å². The molecule has 0 radical (unpaired) electrons. The Hall–Kier alpha value is -5.32. The van der Waals surface area contributed by atoms with E-state index < -0.39 is 5.41 Å². The summed E-state index contributed by atoms with van der Waals surface area (Å²) in [4.78, 5) is 9.82. The monoisotopic (exact) mass is 679 g/mol. The van der Waals surface area contributed by atoms with Crippen molar-refractivity contribution in [2.24, 2.45) is 0 Å². The quantitative estimate of drug-likeness (QED) is 0.185. The molecule has 1 aliphatic carbocycles. The zero-order chi connectivity index (χ0) is 35.1. The van der Waals surface area contributed by atoms with Gasteiger partial charge in [0, 0.05) is 39.8 Å². The lowest BCUT2D eigenvalue weighted by molar-refractivity contribution is 0.589. The van der Waals surface area contributed by atoms with Crippen LogP contribution in [0.15, 0.2) is 139 Å². The van der Waals surface area contributed by atoms with Crippen molar-refractivity contribution >= 4 is 33.1 Å². The molecule has 0 atom stereocenters. The van der Waals surface area contributed by atoms with Gasteiger partial charge in [-0.3, -0.25) is 4.98 Å². The van der Waals surface area contributed by atoms with Crippen LogP contribution in [-0.2, 0) is 16.2 Å². The Morgan fingerprint density at radius 3 is 1.90 bits per heavy atom. The molecule has 0 saturated heterocycles. The van der Waals surface area contributed by atoms with Crippen molar-refractivity contribution in [3.63, 3.8) is 0 Å². The second kappa shape index (κ2) is 11.3. The summed E-state index contributed by atoms with van der Waals surface area (Å²) >= 11 is 1.67. The van der Waals surface area contributed by atoms with Gasteiger partial charge in [-0.15, -0.1) is 11.3 Å². The number of aromatic nitrogens is 3. The average molecular weight is 680 g/mol. The van der Waals surface area contributed by atoms with Gasteiger partial charge in [-0.25, -0.2) is 4.98 Å². The van der Waals surface area contributed by atoms with E-state index in [0.717, 1.165) is 22.0 Å². The molecule has 0 aliphatic heterocycles. The van der Waals surface area contributed by atoms with E-state index in [4.69, 9.17) is 4.98 Å². The van der Waals surface area contributed by atoms with E-state index >= 15 is 0 Å². The summed E-state index contributed by atoms with van der Waals surface area (Å²) in [5, 5.41) is 5.54. The number of hydrogen-bond acceptors (Lipinski definition) is 3. The molecule has 250 valence electrons. The minimum atomic E-state index is -0.612. The van der Waals surface area contributed by atoms with Crippen LogP contribution in [0.2, 0.25) is 0 Å². The van der Waals surface area contributed by atoms with Crippen molar-refractivity contribution in [1.82, 2.24) is 14.5 Å². The first-order chi connectivity index (χ1) is 24.5. The molecule has 0 spiro atoms. The molecule has 4 heteroatoms. The number of benzene rings is 5. The fourth-order valence-corrected chi connectivity index (χ4v) is 8.85. The largest absolute Gasteiger partial charge is 0.309 e. The third-order valence-electron chi connectivity index (χ3n) is 10.8. The highest BCUT2D eigenvalue weighted by Gasteiger charge is 2.48. The SMILES string of the molecule is CC(C)(C)c1ccc2c(c1)-c1cc(C(C)(C)C)ccc1C2(c1cccc(-n2c3ccccc3c3ccc(-c4nccs4)cc32)c1)c1ccccn1. The Morgan fingerprint density at radius 2 is 1.25 bits per heavy atom. The first-order valence-corrected chi connectivity index (χ1v) is 18.7. The molecule has 51 heavy (non-hydrogen) atoms. The van der Waals surface area contributed by atoms with Gasteiger partial charge < -0.3 is 4.57 Å². The lowest BCUT2D eigenvalue weighted by atomic mass is 9.69. The Bertz CT molecular complexity index is 2530. The molecule has 9 rings (SSSR count). The Balaban J connectivity index is 1.36. The van der Waals surface area contributed by atoms with Crippen LogP contribution in [0.1, 0.15) is 75.1 Å². The van der Waals surface area contributed by atoms with Crippen LogP contribution in [0.3, 0.4) is 0 Å². The van der Waals surface area contributed by atoms with Gasteiger partial charge in [-0.05, 0) is 86.2 Å². The molecule has 5 aromatic carbocycles. The average Bonchev–Trinajstić information content (AvgIpc) is 3.85. The first-order valence-electron chi connectivity index (χ1n) is 17.8. The highest BCUT2D eigenvalue weighted by Crippen LogP contribution is 2.57. The van der Waals surface area contributed by atoms with Gasteiger partial charge in [0.15, 0.2) is 0 Å². The lowest BCUT2D eigenvalue weighted by Gasteiger charge is -2.33. The second-order valence-corrected chi connectivity index (χ2v) is 16.9. The third-order valence-corrected chi connectivity index (χ3v) is 11.6. The van der Waals surface area contributed by atoms with E-state index in [1.165, 1.54) is 60.8 Å². The molecular weight excluding hydrogens is 639 g/mol. The van der Waals surface area contributed by atoms with Crippen LogP contribution in [0.25, 0.3) is 49.2 Å². The summed E-state index contributed by atoms with van der Waals surface area (Å²) in [5.74, 6) is 0. The molecule has 0 saturated carbocycles. The molecule has 3 aromatic heterocycles. The molecule has 3 heterocycles. The molecule has 0 N–H and O–H groups in total. The zero-order valence-corrected chi connectivity index (χ0v) is 30.8. The van der Waals surface area contributed by atoms with Gasteiger partial charge in [-0.2, -0.15) is 0 Å². The molecule has 0 amide bonds. The highest BCUT2D eigenvalue weighted by atomic mass is 32.1. The summed E-state index contributed by atoms with van der Waals surface area (Å²) in [7, 11) is 0. The first kappa shape index (κ1) is 31.6. The molecular formula is C47H41N3S. The van der Waals surface area contributed by atoms with Gasteiger partial charge in [0.05, 0.1) is 22.1 Å². The molecule has 0 unspecified atom stereocenters. The normalized spacial score (nSPS) is 13.8. The van der Waals surface area contributed by atoms with Crippen LogP contribution >= 0.6 is 11.3 Å². The van der Waals surface area contributed by atoms with E-state index in [1.807, 2.05) is 23.8 Å². The zero-order valence-electron chi connectivity index (χ0n) is 30.0. The van der Waals surface area contributed by atoms with E-state index in [-0.39, 0.29) is 10.8 Å². The minimum Gasteiger partial charge on any atom is -0.309 e. The van der Waals surface area contributed by atoms with Crippen LogP contribution in [-0.4, -0.2) is 14.5 Å². The van der Waals surface area contributed by atoms with Crippen molar-refractivity contribution in [3.05, 3.63) is 173 Å². The van der Waals surface area contributed by atoms with Crippen molar-refractivity contribution in [2.45, 2.75) is 57.8 Å². The van der Waals surface area contributed by atoms with E-state index in [0.29, 0.717) is 0 Å². The predicted molar refractivity (Wildman–Crippen MR) is 214 cm³/mol. The number of para-hydroxylation sites is 1. The molecule has 0 fully saturated rings. The van der Waals surface area contributed by atoms with Gasteiger partial charge in [0.1, 0.15) is 5.01 Å². The van der Waals surface area contributed by atoms with Gasteiger partial charge >= 0.3 is 0 Å². The fourth-order valence-electron chi connectivity index (χ4n) is 8.21.